The molecule has 8 aromatic carbocycles. The molecule has 0 N–H and O–H groups in total. The maximum Gasteiger partial charge on any atom is 0.247 e. The third-order valence-corrected chi connectivity index (χ3v) is 28.7. The van der Waals surface area contributed by atoms with E-state index in [1.807, 2.05) is 18.2 Å². The van der Waals surface area contributed by atoms with Crippen LogP contribution in [0.15, 0.2) is 223 Å². The number of hydrogen-bond donors (Lipinski definition) is 0. The second-order valence-corrected chi connectivity index (χ2v) is 31.3. The predicted octanol–water partition coefficient (Wildman–Crippen LogP) is 13.2. The highest BCUT2D eigenvalue weighted by molar-refractivity contribution is 9.10. The molecule has 0 aromatic heterocycles. The second-order valence-electron chi connectivity index (χ2n) is 21.8. The first kappa shape index (κ1) is 48.6. The summed E-state index contributed by atoms with van der Waals surface area (Å²) >= 11 is 10.9. The normalized spacial score (nSPS) is 23.2. The van der Waals surface area contributed by atoms with E-state index in [-0.39, 0.29) is 5.41 Å². The Bertz CT molecular complexity index is 2830. The molecular weight excluding hydrogens is 964 g/mol. The summed E-state index contributed by atoms with van der Waals surface area (Å²) in [6.07, 6.45) is 13.5. The first-order chi connectivity index (χ1) is 33.9. The number of halogens is 2. The highest BCUT2D eigenvalue weighted by Crippen LogP contribution is 2.60. The van der Waals surface area contributed by atoms with Gasteiger partial charge in [-0.25, -0.2) is 0 Å². The van der Waals surface area contributed by atoms with Crippen molar-refractivity contribution in [1.82, 2.24) is 0 Å². The van der Waals surface area contributed by atoms with E-state index in [0.717, 1.165) is 0 Å². The summed E-state index contributed by atoms with van der Waals surface area (Å²) < 4.78 is 1.24. The summed E-state index contributed by atoms with van der Waals surface area (Å²) in [4.78, 5) is 0. The van der Waals surface area contributed by atoms with Crippen molar-refractivity contribution in [3.8, 4) is 0 Å². The minimum absolute atomic E-state index is 0.279. The summed E-state index contributed by atoms with van der Waals surface area (Å²) in [5.74, 6) is 0. The van der Waals surface area contributed by atoms with E-state index in [1.165, 1.54) is 105 Å². The van der Waals surface area contributed by atoms with Crippen LogP contribution in [-0.4, -0.2) is 15.5 Å². The van der Waals surface area contributed by atoms with E-state index in [2.05, 4.69) is 244 Å². The van der Waals surface area contributed by atoms with Gasteiger partial charge in [0.1, 0.15) is 0 Å². The van der Waals surface area contributed by atoms with Crippen molar-refractivity contribution in [2.75, 3.05) is 0 Å². The molecule has 4 atom stereocenters. The number of rotatable bonds is 7. The molecule has 354 valence electrons. The Morgan fingerprint density at radius 3 is 1.04 bits per heavy atom. The van der Waals surface area contributed by atoms with Crippen LogP contribution >= 0.6 is 27.0 Å². The topological polar surface area (TPSA) is 0 Å². The average Bonchev–Trinajstić information content (AvgIpc) is 3.80. The fraction of sp³-hybridized carbons (Fsp3) is 0.273. The van der Waals surface area contributed by atoms with Crippen LogP contribution in [0.1, 0.15) is 101 Å². The molecule has 0 radical (unpaired) electrons. The number of benzene rings is 8. The van der Waals surface area contributed by atoms with Gasteiger partial charge in [0.25, 0.3) is 0 Å². The molecule has 2 saturated carbocycles. The molecule has 4 unspecified atom stereocenters. The summed E-state index contributed by atoms with van der Waals surface area (Å²) in [6.45, 7) is 10.1. The monoisotopic (exact) mass is 1030 g/mol. The Morgan fingerprint density at radius 2 is 0.671 bits per heavy atom. The Balaban J connectivity index is 0.000000133. The Morgan fingerprint density at radius 1 is 0.357 bits per heavy atom. The van der Waals surface area contributed by atoms with Gasteiger partial charge in [0.2, 0.25) is 7.38 Å². The van der Waals surface area contributed by atoms with Gasteiger partial charge in [-0.1, -0.05) is 276 Å². The highest BCUT2D eigenvalue weighted by Gasteiger charge is 2.54. The molecule has 4 aliphatic carbocycles. The van der Waals surface area contributed by atoms with E-state index in [1.54, 1.807) is 22.3 Å². The second kappa shape index (κ2) is 19.9. The minimum Gasteiger partial charge on any atom is -0.149 e. The molecule has 4 aliphatic rings. The van der Waals surface area contributed by atoms with Gasteiger partial charge < -0.3 is 0 Å². The first-order valence-electron chi connectivity index (χ1n) is 25.9. The minimum atomic E-state index is -2.46. The largest absolute Gasteiger partial charge is 0.247 e. The summed E-state index contributed by atoms with van der Waals surface area (Å²) in [7, 11) is -4.86. The number of hydrogen-bond acceptors (Lipinski definition) is 0. The van der Waals surface area contributed by atoms with Gasteiger partial charge in [-0.05, 0) is 131 Å². The average molecular weight is 1030 g/mol. The summed E-state index contributed by atoms with van der Waals surface area (Å²) in [5, 5.41) is 9.56. The van der Waals surface area contributed by atoms with Crippen molar-refractivity contribution in [3.63, 3.8) is 0 Å². The van der Waals surface area contributed by atoms with Crippen molar-refractivity contribution < 1.29 is 0 Å². The van der Waals surface area contributed by atoms with Gasteiger partial charge >= 0.3 is 0 Å². The molecule has 8 aromatic rings. The molecule has 0 spiro atoms. The van der Waals surface area contributed by atoms with E-state index in [4.69, 9.17) is 11.1 Å². The maximum absolute atomic E-state index is 7.25. The van der Waals surface area contributed by atoms with E-state index < -0.39 is 15.5 Å². The molecule has 0 amide bonds. The van der Waals surface area contributed by atoms with E-state index in [0.29, 0.717) is 16.2 Å². The smallest absolute Gasteiger partial charge is 0.149 e. The standard InChI is InChI=1S/C33H34Si.C18H15ClSi.C15H19Br/c1-32-22-12-13-23-33(32,2)31-24-30(21-20-26(31)25-32)34(27-14-6-3-7-15-27,28-16-8-4-9-17-28)29-18-10-5-11-19-29;19-20(16-10-4-1-5-11-16,17-12-6-2-7-13-17)18-14-8-3-9-15-18;1-14-7-3-4-8-15(14,2)13-9-12(16)6-5-11(13)10-14/h3-11,14-21,24H,12-13,22-23,25H2,1-2H3;1-15H;5-6,9H,3-4,7-8,10H2,1-2H3. The maximum atomic E-state index is 7.25. The third kappa shape index (κ3) is 8.47. The van der Waals surface area contributed by atoms with Gasteiger partial charge in [-0.2, -0.15) is 0 Å². The van der Waals surface area contributed by atoms with Gasteiger partial charge in [0.05, 0.1) is 0 Å². The molecule has 0 saturated heterocycles. The van der Waals surface area contributed by atoms with Crippen molar-refractivity contribution in [2.24, 2.45) is 10.8 Å². The third-order valence-electron chi connectivity index (χ3n) is 18.1. The molecule has 70 heavy (non-hydrogen) atoms. The van der Waals surface area contributed by atoms with Crippen LogP contribution in [0.5, 0.6) is 0 Å². The zero-order valence-corrected chi connectivity index (χ0v) is 46.0. The fourth-order valence-electron chi connectivity index (χ4n) is 13.7. The van der Waals surface area contributed by atoms with Crippen LogP contribution < -0.4 is 36.3 Å². The van der Waals surface area contributed by atoms with Crippen molar-refractivity contribution >= 4 is 78.8 Å². The fourth-order valence-corrected chi connectivity index (χ4v) is 23.0. The van der Waals surface area contributed by atoms with E-state index in [9.17, 15) is 0 Å². The van der Waals surface area contributed by atoms with Crippen molar-refractivity contribution in [2.45, 2.75) is 103 Å². The Kier molecular flexibility index (Phi) is 13.8. The lowest BCUT2D eigenvalue weighted by Crippen LogP contribution is -2.74. The summed E-state index contributed by atoms with van der Waals surface area (Å²) in [5.41, 5.74) is 8.03. The highest BCUT2D eigenvalue weighted by atomic mass is 79.9. The van der Waals surface area contributed by atoms with Crippen LogP contribution in [0.4, 0.5) is 0 Å². The molecule has 4 heteroatoms. The molecule has 0 nitrogen and oxygen atoms in total. The van der Waals surface area contributed by atoms with Gasteiger partial charge in [-0.15, -0.1) is 11.1 Å². The van der Waals surface area contributed by atoms with Gasteiger partial charge in [0, 0.05) is 4.47 Å². The predicted molar refractivity (Wildman–Crippen MR) is 309 cm³/mol. The van der Waals surface area contributed by atoms with Crippen LogP contribution in [0.2, 0.25) is 0 Å². The first-order valence-corrected chi connectivity index (χ1v) is 31.7. The van der Waals surface area contributed by atoms with Crippen LogP contribution in [0.3, 0.4) is 0 Å². The molecule has 0 aliphatic heterocycles. The Labute approximate surface area is 434 Å². The molecule has 12 rings (SSSR count). The van der Waals surface area contributed by atoms with Crippen LogP contribution in [0, 0.1) is 10.8 Å². The molecule has 2 fully saturated rings. The van der Waals surface area contributed by atoms with Crippen LogP contribution in [0.25, 0.3) is 0 Å². The van der Waals surface area contributed by atoms with E-state index >= 15 is 0 Å². The lowest BCUT2D eigenvalue weighted by molar-refractivity contribution is 0.109. The zero-order valence-electron chi connectivity index (χ0n) is 41.6. The quantitative estimate of drug-likeness (QED) is 0.0848. The number of fused-ring (bicyclic) bond motifs is 6. The molecule has 0 heterocycles. The molecule has 0 bridgehead atoms. The lowest BCUT2D eigenvalue weighted by atomic mass is 9.58. The lowest BCUT2D eigenvalue weighted by Gasteiger charge is -2.46. The van der Waals surface area contributed by atoms with Crippen molar-refractivity contribution in [3.05, 3.63) is 245 Å². The SMILES string of the molecule is CC12CCCCC1(C)c1cc(Br)ccc1C2.CC12CCCCC1(C)c1cc([Si](c3ccccc3)(c3ccccc3)c3ccccc3)ccc1C2.Cl[Si](c1ccccc1)(c1ccccc1)c1ccccc1. The van der Waals surface area contributed by atoms with Gasteiger partial charge in [-0.3, -0.25) is 0 Å². The van der Waals surface area contributed by atoms with Crippen LogP contribution in [-0.2, 0) is 23.7 Å². The summed E-state index contributed by atoms with van der Waals surface area (Å²) in [6, 6.07) is 79.8. The van der Waals surface area contributed by atoms with Crippen molar-refractivity contribution in [1.29, 1.82) is 0 Å². The Hall–Kier alpha value is -5.04. The van der Waals surface area contributed by atoms with Gasteiger partial charge in [0.15, 0.2) is 8.07 Å². The molecular formula is C66H68BrClSi2. The zero-order chi connectivity index (χ0) is 48.5.